The zero-order chi connectivity index (χ0) is 23.2. The van der Waals surface area contributed by atoms with Crippen LogP contribution in [-0.4, -0.2) is 25.9 Å². The van der Waals surface area contributed by atoms with Gasteiger partial charge in [0.1, 0.15) is 17.5 Å². The van der Waals surface area contributed by atoms with E-state index in [4.69, 9.17) is 18.9 Å². The number of ether oxygens (including phenoxy) is 4. The van der Waals surface area contributed by atoms with Gasteiger partial charge in [-0.2, -0.15) is 13.2 Å². The van der Waals surface area contributed by atoms with Crippen LogP contribution in [0.5, 0.6) is 23.0 Å². The monoisotopic (exact) mass is 457 g/mol. The summed E-state index contributed by atoms with van der Waals surface area (Å²) in [6.07, 6.45) is -5.47. The third-order valence-corrected chi connectivity index (χ3v) is 5.56. The summed E-state index contributed by atoms with van der Waals surface area (Å²) in [5, 5.41) is 0. The van der Waals surface area contributed by atoms with E-state index in [0.717, 1.165) is 12.1 Å². The molecule has 170 valence electrons. The molecular formula is C24H18F3NO5. The molecule has 0 bridgehead atoms. The van der Waals surface area contributed by atoms with E-state index in [1.807, 2.05) is 0 Å². The number of hydrogen-bond donors (Lipinski definition) is 0. The van der Waals surface area contributed by atoms with Crippen LogP contribution in [0.3, 0.4) is 0 Å². The lowest BCUT2D eigenvalue weighted by Crippen LogP contribution is -2.61. The predicted octanol–water partition coefficient (Wildman–Crippen LogP) is 4.98. The summed E-state index contributed by atoms with van der Waals surface area (Å²) < 4.78 is 61.7. The molecule has 0 aliphatic carbocycles. The second-order valence-electron chi connectivity index (χ2n) is 7.53. The molecule has 1 saturated heterocycles. The number of amides is 1. The fourth-order valence-electron chi connectivity index (χ4n) is 3.92. The number of benzene rings is 3. The number of rotatable bonds is 5. The van der Waals surface area contributed by atoms with E-state index < -0.39 is 29.8 Å². The number of methoxy groups -OCH3 is 1. The molecule has 33 heavy (non-hydrogen) atoms. The lowest BCUT2D eigenvalue weighted by molar-refractivity contribution is -0.138. The first-order valence-electron chi connectivity index (χ1n) is 10.1. The van der Waals surface area contributed by atoms with Crippen LogP contribution in [-0.2, 0) is 11.0 Å². The van der Waals surface area contributed by atoms with Crippen molar-refractivity contribution in [3.63, 3.8) is 0 Å². The highest BCUT2D eigenvalue weighted by Gasteiger charge is 2.51. The summed E-state index contributed by atoms with van der Waals surface area (Å²) in [7, 11) is 1.54. The average molecular weight is 457 g/mol. The number of nitrogens with zero attached hydrogens (tertiary/aromatic N) is 1. The fourth-order valence-corrected chi connectivity index (χ4v) is 3.92. The maximum absolute atomic E-state index is 13.3. The Hall–Kier alpha value is -3.88. The van der Waals surface area contributed by atoms with Crippen LogP contribution in [0.1, 0.15) is 17.2 Å². The second-order valence-corrected chi connectivity index (χ2v) is 7.53. The van der Waals surface area contributed by atoms with Crippen LogP contribution < -0.4 is 23.8 Å². The molecule has 0 unspecified atom stereocenters. The molecule has 0 aromatic heterocycles. The van der Waals surface area contributed by atoms with Crippen LogP contribution in [0.4, 0.5) is 18.9 Å². The Balaban J connectivity index is 1.51. The van der Waals surface area contributed by atoms with Gasteiger partial charge in [0.15, 0.2) is 11.5 Å². The van der Waals surface area contributed by atoms with Crippen molar-refractivity contribution in [3.8, 4) is 23.0 Å². The van der Waals surface area contributed by atoms with Crippen LogP contribution in [0.15, 0.2) is 66.7 Å². The Morgan fingerprint density at radius 3 is 2.39 bits per heavy atom. The van der Waals surface area contributed by atoms with E-state index in [1.165, 1.54) is 24.1 Å². The number of fused-ring (bicyclic) bond motifs is 1. The number of halogens is 3. The Kier molecular flexibility index (Phi) is 5.03. The minimum atomic E-state index is -4.53. The molecule has 0 spiro atoms. The Labute approximate surface area is 187 Å². The van der Waals surface area contributed by atoms with E-state index >= 15 is 0 Å². The summed E-state index contributed by atoms with van der Waals surface area (Å²) in [6, 6.07) is 15.9. The van der Waals surface area contributed by atoms with Gasteiger partial charge in [-0.1, -0.05) is 12.1 Å². The van der Waals surface area contributed by atoms with E-state index in [2.05, 4.69) is 0 Å². The molecule has 1 fully saturated rings. The summed E-state index contributed by atoms with van der Waals surface area (Å²) >= 11 is 0. The first-order chi connectivity index (χ1) is 15.8. The molecule has 6 nitrogen and oxygen atoms in total. The first kappa shape index (κ1) is 21.0. The molecule has 0 N–H and O–H groups in total. The van der Waals surface area contributed by atoms with Gasteiger partial charge in [0.05, 0.1) is 12.7 Å². The fraction of sp³-hybridized carbons (Fsp3) is 0.208. The summed E-state index contributed by atoms with van der Waals surface area (Å²) in [4.78, 5) is 14.4. The van der Waals surface area contributed by atoms with Gasteiger partial charge in [-0.05, 0) is 60.2 Å². The van der Waals surface area contributed by atoms with Crippen molar-refractivity contribution in [2.75, 3.05) is 18.8 Å². The molecule has 3 aromatic rings. The van der Waals surface area contributed by atoms with Crippen molar-refractivity contribution in [3.05, 3.63) is 77.9 Å². The van der Waals surface area contributed by atoms with Gasteiger partial charge in [0, 0.05) is 5.69 Å². The summed E-state index contributed by atoms with van der Waals surface area (Å²) in [5.41, 5.74) is -0.0568. The zero-order valence-electron chi connectivity index (χ0n) is 17.3. The van der Waals surface area contributed by atoms with Crippen LogP contribution in [0, 0.1) is 0 Å². The number of alkyl halides is 3. The second kappa shape index (κ2) is 7.91. The quantitative estimate of drug-likeness (QED) is 0.506. The third kappa shape index (κ3) is 3.79. The van der Waals surface area contributed by atoms with Crippen molar-refractivity contribution in [1.82, 2.24) is 0 Å². The number of anilines is 1. The molecule has 5 rings (SSSR count). The van der Waals surface area contributed by atoms with Gasteiger partial charge in [-0.25, -0.2) is 0 Å². The Bertz CT molecular complexity index is 1200. The third-order valence-electron chi connectivity index (χ3n) is 5.56. The normalized spacial score (nSPS) is 19.3. The van der Waals surface area contributed by atoms with E-state index in [9.17, 15) is 18.0 Å². The molecule has 2 heterocycles. The molecule has 0 radical (unpaired) electrons. The SMILES string of the molecule is COc1ccc(O[C@H]2C(=O)N(c3cccc(C(F)(F)F)c3)[C@H]2c2ccc3c(c2)OCO3)cc1. The number of β-lactam (4-membered cyclic amide) rings is 1. The van der Waals surface area contributed by atoms with Crippen molar-refractivity contribution >= 4 is 11.6 Å². The largest absolute Gasteiger partial charge is 0.497 e. The van der Waals surface area contributed by atoms with Gasteiger partial charge in [-0.3, -0.25) is 9.69 Å². The van der Waals surface area contributed by atoms with E-state index in [-0.39, 0.29) is 12.5 Å². The maximum Gasteiger partial charge on any atom is 0.416 e. The Morgan fingerprint density at radius 1 is 0.939 bits per heavy atom. The minimum Gasteiger partial charge on any atom is -0.497 e. The van der Waals surface area contributed by atoms with Crippen molar-refractivity contribution < 1.29 is 36.9 Å². The van der Waals surface area contributed by atoms with E-state index in [1.54, 1.807) is 42.5 Å². The molecular weight excluding hydrogens is 439 g/mol. The molecule has 2 atom stereocenters. The maximum atomic E-state index is 13.3. The highest BCUT2D eigenvalue weighted by molar-refractivity contribution is 6.05. The van der Waals surface area contributed by atoms with Gasteiger partial charge in [0.25, 0.3) is 5.91 Å². The van der Waals surface area contributed by atoms with Gasteiger partial charge >= 0.3 is 6.18 Å². The number of carbonyl (C=O) groups is 1. The lowest BCUT2D eigenvalue weighted by Gasteiger charge is -2.46. The van der Waals surface area contributed by atoms with Crippen molar-refractivity contribution in [1.29, 1.82) is 0 Å². The van der Waals surface area contributed by atoms with Gasteiger partial charge in [0.2, 0.25) is 12.9 Å². The van der Waals surface area contributed by atoms with Gasteiger partial charge in [-0.15, -0.1) is 0 Å². The first-order valence-corrected chi connectivity index (χ1v) is 10.1. The van der Waals surface area contributed by atoms with E-state index in [0.29, 0.717) is 28.6 Å². The van der Waals surface area contributed by atoms with Crippen molar-refractivity contribution in [2.24, 2.45) is 0 Å². The number of carbonyl (C=O) groups excluding carboxylic acids is 1. The summed E-state index contributed by atoms with van der Waals surface area (Å²) in [6.45, 7) is 0.0749. The molecule has 2 aliphatic rings. The molecule has 1 amide bonds. The topological polar surface area (TPSA) is 57.2 Å². The smallest absolute Gasteiger partial charge is 0.416 e. The highest BCUT2D eigenvalue weighted by Crippen LogP contribution is 2.45. The number of hydrogen-bond acceptors (Lipinski definition) is 5. The Morgan fingerprint density at radius 2 is 1.67 bits per heavy atom. The van der Waals surface area contributed by atoms with Crippen LogP contribution in [0.25, 0.3) is 0 Å². The lowest BCUT2D eigenvalue weighted by atomic mass is 9.89. The minimum absolute atomic E-state index is 0.0749. The molecule has 9 heteroatoms. The standard InChI is InChI=1S/C24H18F3NO5/c1-30-17-6-8-18(9-7-17)33-22-21(14-5-10-19-20(11-14)32-13-31-19)28(23(22)29)16-4-2-3-15(12-16)24(25,26)27/h2-12,21-22H,13H2,1H3/t21-,22+/m0/s1. The predicted molar refractivity (Wildman–Crippen MR) is 112 cm³/mol. The van der Waals surface area contributed by atoms with Crippen LogP contribution in [0.2, 0.25) is 0 Å². The van der Waals surface area contributed by atoms with Gasteiger partial charge < -0.3 is 18.9 Å². The van der Waals surface area contributed by atoms with Crippen molar-refractivity contribution in [2.45, 2.75) is 18.3 Å². The molecule has 3 aromatic carbocycles. The molecule has 2 aliphatic heterocycles. The highest BCUT2D eigenvalue weighted by atomic mass is 19.4. The zero-order valence-corrected chi connectivity index (χ0v) is 17.3. The summed E-state index contributed by atoms with van der Waals surface area (Å²) in [5.74, 6) is 1.67. The average Bonchev–Trinajstić information content (AvgIpc) is 3.28. The molecule has 0 saturated carbocycles. The van der Waals surface area contributed by atoms with Crippen LogP contribution >= 0.6 is 0 Å².